The standard InChI is InChI=1S/C14H12Br2O2S/c1-8(2)18-10-5-3-4-9(6-10)13(17)12-7-11(15)14(16)19-12/h3-8H,1-2H3. The Hall–Kier alpha value is -0.650. The van der Waals surface area contributed by atoms with E-state index in [-0.39, 0.29) is 11.9 Å². The van der Waals surface area contributed by atoms with Crippen molar-refractivity contribution in [1.29, 1.82) is 0 Å². The molecule has 0 fully saturated rings. The fourth-order valence-electron chi connectivity index (χ4n) is 1.58. The van der Waals surface area contributed by atoms with E-state index in [4.69, 9.17) is 4.74 Å². The largest absolute Gasteiger partial charge is 0.491 e. The molecule has 0 aliphatic rings. The van der Waals surface area contributed by atoms with E-state index in [1.54, 1.807) is 12.1 Å². The molecule has 1 aromatic heterocycles. The van der Waals surface area contributed by atoms with Crippen LogP contribution in [0.2, 0.25) is 0 Å². The van der Waals surface area contributed by atoms with E-state index in [1.165, 1.54) is 11.3 Å². The Morgan fingerprint density at radius 2 is 2.00 bits per heavy atom. The van der Waals surface area contributed by atoms with Crippen molar-refractivity contribution in [2.24, 2.45) is 0 Å². The van der Waals surface area contributed by atoms with Crippen LogP contribution in [0.1, 0.15) is 29.1 Å². The summed E-state index contributed by atoms with van der Waals surface area (Å²) in [5.74, 6) is 0.723. The summed E-state index contributed by atoms with van der Waals surface area (Å²) in [6, 6.07) is 9.10. The number of ketones is 1. The highest BCUT2D eigenvalue weighted by Gasteiger charge is 2.14. The van der Waals surface area contributed by atoms with Gasteiger partial charge in [-0.3, -0.25) is 4.79 Å². The van der Waals surface area contributed by atoms with Gasteiger partial charge in [0.25, 0.3) is 0 Å². The molecule has 1 heterocycles. The molecule has 5 heteroatoms. The van der Waals surface area contributed by atoms with Gasteiger partial charge in [-0.05, 0) is 63.9 Å². The van der Waals surface area contributed by atoms with Gasteiger partial charge in [0.2, 0.25) is 5.78 Å². The molecule has 0 saturated carbocycles. The summed E-state index contributed by atoms with van der Waals surface area (Å²) in [6.07, 6.45) is 0.0929. The molecule has 1 aromatic carbocycles. The summed E-state index contributed by atoms with van der Waals surface area (Å²) >= 11 is 8.21. The second kappa shape index (κ2) is 6.20. The number of carbonyl (C=O) groups is 1. The lowest BCUT2D eigenvalue weighted by Gasteiger charge is -2.10. The number of benzene rings is 1. The third-order valence-electron chi connectivity index (χ3n) is 2.34. The Labute approximate surface area is 133 Å². The molecule has 0 aliphatic heterocycles. The summed E-state index contributed by atoms with van der Waals surface area (Å²) in [5.41, 5.74) is 0.638. The van der Waals surface area contributed by atoms with E-state index in [9.17, 15) is 4.79 Å². The number of rotatable bonds is 4. The Kier molecular flexibility index (Phi) is 4.81. The molecular formula is C14H12Br2O2S. The average Bonchev–Trinajstić information content (AvgIpc) is 2.68. The summed E-state index contributed by atoms with van der Waals surface area (Å²) in [7, 11) is 0. The third-order valence-corrected chi connectivity index (χ3v) is 5.59. The van der Waals surface area contributed by atoms with E-state index >= 15 is 0 Å². The minimum absolute atomic E-state index is 0.00519. The molecular weight excluding hydrogens is 392 g/mol. The summed E-state index contributed by atoms with van der Waals surface area (Å²) in [4.78, 5) is 13.1. The van der Waals surface area contributed by atoms with Gasteiger partial charge in [-0.1, -0.05) is 12.1 Å². The zero-order chi connectivity index (χ0) is 14.0. The number of thiophene rings is 1. The Morgan fingerprint density at radius 3 is 2.58 bits per heavy atom. The quantitative estimate of drug-likeness (QED) is 0.648. The van der Waals surface area contributed by atoms with Crippen LogP contribution in [0.15, 0.2) is 38.6 Å². The van der Waals surface area contributed by atoms with E-state index < -0.39 is 0 Å². The maximum Gasteiger partial charge on any atom is 0.203 e. The van der Waals surface area contributed by atoms with Crippen LogP contribution in [-0.4, -0.2) is 11.9 Å². The normalized spacial score (nSPS) is 10.8. The van der Waals surface area contributed by atoms with Gasteiger partial charge in [0.05, 0.1) is 14.8 Å². The highest BCUT2D eigenvalue weighted by molar-refractivity contribution is 9.13. The van der Waals surface area contributed by atoms with Crippen LogP contribution in [0.4, 0.5) is 0 Å². The van der Waals surface area contributed by atoms with Crippen LogP contribution in [0, 0.1) is 0 Å². The van der Waals surface area contributed by atoms with Crippen LogP contribution < -0.4 is 4.74 Å². The molecule has 0 saturated heterocycles. The molecule has 0 aliphatic carbocycles. The minimum Gasteiger partial charge on any atom is -0.491 e. The van der Waals surface area contributed by atoms with Crippen molar-refractivity contribution in [3.8, 4) is 5.75 Å². The van der Waals surface area contributed by atoms with Crippen LogP contribution in [-0.2, 0) is 0 Å². The molecule has 0 unspecified atom stereocenters. The van der Waals surface area contributed by atoms with Crippen molar-refractivity contribution in [3.63, 3.8) is 0 Å². The predicted octanol–water partition coefficient (Wildman–Crippen LogP) is 5.29. The van der Waals surface area contributed by atoms with Gasteiger partial charge in [0, 0.05) is 10.0 Å². The number of hydrogen-bond acceptors (Lipinski definition) is 3. The summed E-state index contributed by atoms with van der Waals surface area (Å²) in [5, 5.41) is 0. The Balaban J connectivity index is 2.28. The highest BCUT2D eigenvalue weighted by atomic mass is 79.9. The van der Waals surface area contributed by atoms with Crippen molar-refractivity contribution in [1.82, 2.24) is 0 Å². The van der Waals surface area contributed by atoms with Gasteiger partial charge >= 0.3 is 0 Å². The Bertz CT molecular complexity index is 586. The van der Waals surface area contributed by atoms with Crippen molar-refractivity contribution in [2.45, 2.75) is 20.0 Å². The number of ether oxygens (including phenoxy) is 1. The predicted molar refractivity (Wildman–Crippen MR) is 85.4 cm³/mol. The first-order valence-electron chi connectivity index (χ1n) is 5.73. The van der Waals surface area contributed by atoms with Crippen LogP contribution in [0.3, 0.4) is 0 Å². The first kappa shape index (κ1) is 14.8. The van der Waals surface area contributed by atoms with Gasteiger partial charge in [-0.15, -0.1) is 11.3 Å². The maximum absolute atomic E-state index is 12.4. The van der Waals surface area contributed by atoms with Crippen molar-refractivity contribution in [3.05, 3.63) is 49.0 Å². The maximum atomic E-state index is 12.4. The second-order valence-electron chi connectivity index (χ2n) is 4.26. The van der Waals surface area contributed by atoms with Crippen molar-refractivity contribution in [2.75, 3.05) is 0 Å². The lowest BCUT2D eigenvalue weighted by atomic mass is 10.1. The monoisotopic (exact) mass is 402 g/mol. The fourth-order valence-corrected chi connectivity index (χ4v) is 3.58. The molecule has 0 bridgehead atoms. The molecule has 0 spiro atoms. The first-order valence-corrected chi connectivity index (χ1v) is 8.14. The molecule has 0 amide bonds. The SMILES string of the molecule is CC(C)Oc1cccc(C(=O)c2cc(Br)c(Br)s2)c1. The molecule has 2 nitrogen and oxygen atoms in total. The molecule has 2 aromatic rings. The van der Waals surface area contributed by atoms with Gasteiger partial charge < -0.3 is 4.74 Å². The summed E-state index contributed by atoms with van der Waals surface area (Å²) in [6.45, 7) is 3.92. The summed E-state index contributed by atoms with van der Waals surface area (Å²) < 4.78 is 7.42. The van der Waals surface area contributed by atoms with Gasteiger partial charge in [-0.2, -0.15) is 0 Å². The molecule has 19 heavy (non-hydrogen) atoms. The molecule has 0 N–H and O–H groups in total. The second-order valence-corrected chi connectivity index (χ2v) is 7.48. The van der Waals surface area contributed by atoms with E-state index in [0.717, 1.165) is 14.0 Å². The van der Waals surface area contributed by atoms with Gasteiger partial charge in [0.1, 0.15) is 5.75 Å². The first-order chi connectivity index (χ1) is 8.97. The zero-order valence-corrected chi connectivity index (χ0v) is 14.4. The van der Waals surface area contributed by atoms with Gasteiger partial charge in [-0.25, -0.2) is 0 Å². The number of carbonyl (C=O) groups excluding carboxylic acids is 1. The zero-order valence-electron chi connectivity index (χ0n) is 10.4. The van der Waals surface area contributed by atoms with Crippen LogP contribution in [0.5, 0.6) is 5.75 Å². The van der Waals surface area contributed by atoms with Crippen molar-refractivity contribution >= 4 is 49.0 Å². The molecule has 100 valence electrons. The van der Waals surface area contributed by atoms with E-state index in [2.05, 4.69) is 31.9 Å². The van der Waals surface area contributed by atoms with E-state index in [0.29, 0.717) is 10.4 Å². The smallest absolute Gasteiger partial charge is 0.203 e. The molecule has 2 rings (SSSR count). The molecule has 0 atom stereocenters. The minimum atomic E-state index is 0.00519. The lowest BCUT2D eigenvalue weighted by molar-refractivity contribution is 0.104. The van der Waals surface area contributed by atoms with E-state index in [1.807, 2.05) is 32.0 Å². The lowest BCUT2D eigenvalue weighted by Crippen LogP contribution is -2.06. The number of hydrogen-bond donors (Lipinski definition) is 0. The molecule has 0 radical (unpaired) electrons. The van der Waals surface area contributed by atoms with Gasteiger partial charge in [0.15, 0.2) is 0 Å². The topological polar surface area (TPSA) is 26.3 Å². The average molecular weight is 404 g/mol. The van der Waals surface area contributed by atoms with Crippen LogP contribution >= 0.6 is 43.2 Å². The Morgan fingerprint density at radius 1 is 1.26 bits per heavy atom. The highest BCUT2D eigenvalue weighted by Crippen LogP contribution is 2.33. The van der Waals surface area contributed by atoms with Crippen LogP contribution in [0.25, 0.3) is 0 Å². The third kappa shape index (κ3) is 3.68. The number of halogens is 2. The fraction of sp³-hybridized carbons (Fsp3) is 0.214. The van der Waals surface area contributed by atoms with Crippen molar-refractivity contribution < 1.29 is 9.53 Å².